The average Bonchev–Trinajstić information content (AvgIpc) is 2.73. The van der Waals surface area contributed by atoms with Gasteiger partial charge < -0.3 is 10.2 Å². The topological polar surface area (TPSA) is 71.0 Å². The fraction of sp³-hybridized carbons (Fsp3) is 0.238. The SMILES string of the molecule is CN(CCc1ccncc1)c1cc(C(=O)NCCc2cccc(Cl)c2)ncn1. The fourth-order valence-electron chi connectivity index (χ4n) is 2.74. The minimum absolute atomic E-state index is 0.215. The molecule has 0 aliphatic heterocycles. The molecule has 0 aliphatic carbocycles. The van der Waals surface area contributed by atoms with Crippen LogP contribution in [0.2, 0.25) is 5.02 Å². The first kappa shape index (κ1) is 19.8. The molecule has 0 fully saturated rings. The highest BCUT2D eigenvalue weighted by molar-refractivity contribution is 6.30. The summed E-state index contributed by atoms with van der Waals surface area (Å²) in [7, 11) is 1.95. The summed E-state index contributed by atoms with van der Waals surface area (Å²) in [4.78, 5) is 26.8. The van der Waals surface area contributed by atoms with Gasteiger partial charge in [-0.3, -0.25) is 9.78 Å². The summed E-state index contributed by atoms with van der Waals surface area (Å²) in [5, 5.41) is 3.59. The Balaban J connectivity index is 1.53. The second-order valence-electron chi connectivity index (χ2n) is 6.42. The molecule has 144 valence electrons. The number of nitrogens with one attached hydrogen (secondary N) is 1. The number of amides is 1. The van der Waals surface area contributed by atoms with Crippen LogP contribution in [0.4, 0.5) is 5.82 Å². The van der Waals surface area contributed by atoms with Gasteiger partial charge in [-0.25, -0.2) is 9.97 Å². The zero-order valence-corrected chi connectivity index (χ0v) is 16.4. The highest BCUT2D eigenvalue weighted by Crippen LogP contribution is 2.12. The van der Waals surface area contributed by atoms with Gasteiger partial charge in [0.2, 0.25) is 0 Å². The van der Waals surface area contributed by atoms with Crippen molar-refractivity contribution in [2.24, 2.45) is 0 Å². The van der Waals surface area contributed by atoms with E-state index in [1.54, 1.807) is 18.5 Å². The van der Waals surface area contributed by atoms with Crippen LogP contribution in [0.1, 0.15) is 21.6 Å². The summed E-state index contributed by atoms with van der Waals surface area (Å²) in [6.07, 6.45) is 6.56. The van der Waals surface area contributed by atoms with Crippen LogP contribution in [0.25, 0.3) is 0 Å². The maximum absolute atomic E-state index is 12.4. The van der Waals surface area contributed by atoms with Gasteiger partial charge in [-0.1, -0.05) is 23.7 Å². The van der Waals surface area contributed by atoms with Crippen molar-refractivity contribution >= 4 is 23.3 Å². The lowest BCUT2D eigenvalue weighted by Gasteiger charge is -2.18. The third-order valence-electron chi connectivity index (χ3n) is 4.35. The lowest BCUT2D eigenvalue weighted by molar-refractivity contribution is 0.0949. The van der Waals surface area contributed by atoms with Crippen LogP contribution in [0.3, 0.4) is 0 Å². The molecule has 0 unspecified atom stereocenters. The van der Waals surface area contributed by atoms with E-state index >= 15 is 0 Å². The fourth-order valence-corrected chi connectivity index (χ4v) is 2.96. The van der Waals surface area contributed by atoms with Crippen LogP contribution >= 0.6 is 11.6 Å². The monoisotopic (exact) mass is 395 g/mol. The average molecular weight is 396 g/mol. The second kappa shape index (κ2) is 9.80. The zero-order valence-electron chi connectivity index (χ0n) is 15.7. The van der Waals surface area contributed by atoms with E-state index in [9.17, 15) is 4.79 Å². The molecule has 3 aromatic rings. The van der Waals surface area contributed by atoms with Gasteiger partial charge in [0, 0.05) is 43.6 Å². The number of nitrogens with zero attached hydrogens (tertiary/aromatic N) is 4. The van der Waals surface area contributed by atoms with Crippen LogP contribution < -0.4 is 10.2 Å². The molecule has 1 amide bonds. The van der Waals surface area contributed by atoms with E-state index in [0.717, 1.165) is 18.5 Å². The molecular formula is C21H22ClN5O. The molecule has 2 heterocycles. The number of benzene rings is 1. The highest BCUT2D eigenvalue weighted by atomic mass is 35.5. The number of rotatable bonds is 8. The van der Waals surface area contributed by atoms with Crippen LogP contribution in [0.15, 0.2) is 61.2 Å². The van der Waals surface area contributed by atoms with Crippen molar-refractivity contribution in [2.45, 2.75) is 12.8 Å². The molecule has 6 nitrogen and oxygen atoms in total. The molecule has 3 rings (SSSR count). The standard InChI is InChI=1S/C21H22ClN5O/c1-27(12-8-16-5-9-23-10-6-16)20-14-19(25-15-26-20)21(28)24-11-7-17-3-2-4-18(22)13-17/h2-6,9-10,13-15H,7-8,11-12H2,1H3,(H,24,28). The molecule has 0 atom stereocenters. The van der Waals surface area contributed by atoms with Gasteiger partial charge in [0.05, 0.1) is 0 Å². The molecule has 0 saturated carbocycles. The summed E-state index contributed by atoms with van der Waals surface area (Å²) in [5.41, 5.74) is 2.63. The summed E-state index contributed by atoms with van der Waals surface area (Å²) >= 11 is 5.98. The lowest BCUT2D eigenvalue weighted by Crippen LogP contribution is -2.27. The summed E-state index contributed by atoms with van der Waals surface area (Å²) in [6, 6.07) is 13.3. The van der Waals surface area contributed by atoms with Crippen molar-refractivity contribution in [3.63, 3.8) is 0 Å². The maximum atomic E-state index is 12.4. The largest absolute Gasteiger partial charge is 0.359 e. The first-order valence-corrected chi connectivity index (χ1v) is 9.44. The predicted octanol–water partition coefficient (Wildman–Crippen LogP) is 3.18. The summed E-state index contributed by atoms with van der Waals surface area (Å²) in [6.45, 7) is 1.28. The molecule has 0 bridgehead atoms. The molecule has 28 heavy (non-hydrogen) atoms. The lowest BCUT2D eigenvalue weighted by atomic mass is 10.1. The van der Waals surface area contributed by atoms with Gasteiger partial charge in [-0.2, -0.15) is 0 Å². The normalized spacial score (nSPS) is 10.5. The van der Waals surface area contributed by atoms with Crippen LogP contribution in [0.5, 0.6) is 0 Å². The van der Waals surface area contributed by atoms with Crippen molar-refractivity contribution in [1.82, 2.24) is 20.3 Å². The number of halogens is 1. The third kappa shape index (κ3) is 5.76. The molecule has 1 N–H and O–H groups in total. The quantitative estimate of drug-likeness (QED) is 0.634. The first-order chi connectivity index (χ1) is 13.6. The van der Waals surface area contributed by atoms with E-state index in [-0.39, 0.29) is 5.91 Å². The Hall–Kier alpha value is -2.99. The van der Waals surface area contributed by atoms with E-state index in [0.29, 0.717) is 29.5 Å². The molecule has 0 radical (unpaired) electrons. The van der Waals surface area contributed by atoms with Crippen molar-refractivity contribution in [2.75, 3.05) is 25.0 Å². The molecule has 0 saturated heterocycles. The van der Waals surface area contributed by atoms with Crippen molar-refractivity contribution in [3.05, 3.63) is 83.0 Å². The maximum Gasteiger partial charge on any atom is 0.270 e. The Morgan fingerprint density at radius 2 is 1.89 bits per heavy atom. The van der Waals surface area contributed by atoms with E-state index in [1.165, 1.54) is 11.9 Å². The minimum atomic E-state index is -0.215. The number of likely N-dealkylation sites (N-methyl/N-ethyl adjacent to an activating group) is 1. The van der Waals surface area contributed by atoms with Gasteiger partial charge in [0.1, 0.15) is 17.8 Å². The van der Waals surface area contributed by atoms with E-state index in [1.807, 2.05) is 48.3 Å². The Morgan fingerprint density at radius 3 is 2.68 bits per heavy atom. The van der Waals surface area contributed by atoms with Gasteiger partial charge >= 0.3 is 0 Å². The number of carbonyl (C=O) groups is 1. The number of hydrogen-bond acceptors (Lipinski definition) is 5. The molecule has 2 aromatic heterocycles. The van der Waals surface area contributed by atoms with Gasteiger partial charge in [0.25, 0.3) is 5.91 Å². The third-order valence-corrected chi connectivity index (χ3v) is 4.58. The predicted molar refractivity (Wildman–Crippen MR) is 111 cm³/mol. The second-order valence-corrected chi connectivity index (χ2v) is 6.86. The van der Waals surface area contributed by atoms with Gasteiger partial charge in [-0.15, -0.1) is 0 Å². The van der Waals surface area contributed by atoms with E-state index in [4.69, 9.17) is 11.6 Å². The van der Waals surface area contributed by atoms with Gasteiger partial charge in [0.15, 0.2) is 0 Å². The molecule has 7 heteroatoms. The number of pyridine rings is 1. The van der Waals surface area contributed by atoms with Crippen molar-refractivity contribution < 1.29 is 4.79 Å². The van der Waals surface area contributed by atoms with E-state index < -0.39 is 0 Å². The molecule has 1 aromatic carbocycles. The summed E-state index contributed by atoms with van der Waals surface area (Å²) < 4.78 is 0. The Bertz CT molecular complexity index is 919. The van der Waals surface area contributed by atoms with Crippen molar-refractivity contribution in [1.29, 1.82) is 0 Å². The van der Waals surface area contributed by atoms with Gasteiger partial charge in [-0.05, 0) is 48.2 Å². The number of hydrogen-bond donors (Lipinski definition) is 1. The molecule has 0 aliphatic rings. The van der Waals surface area contributed by atoms with E-state index in [2.05, 4.69) is 20.3 Å². The Morgan fingerprint density at radius 1 is 1.07 bits per heavy atom. The van der Waals surface area contributed by atoms with Crippen LogP contribution in [-0.4, -0.2) is 41.0 Å². The van der Waals surface area contributed by atoms with Crippen LogP contribution in [-0.2, 0) is 12.8 Å². The first-order valence-electron chi connectivity index (χ1n) is 9.06. The molecular weight excluding hydrogens is 374 g/mol. The number of anilines is 1. The smallest absolute Gasteiger partial charge is 0.270 e. The highest BCUT2D eigenvalue weighted by Gasteiger charge is 2.11. The summed E-state index contributed by atoms with van der Waals surface area (Å²) in [5.74, 6) is 0.497. The zero-order chi connectivity index (χ0) is 19.8. The van der Waals surface area contributed by atoms with Crippen LogP contribution in [0, 0.1) is 0 Å². The van der Waals surface area contributed by atoms with Crippen molar-refractivity contribution in [3.8, 4) is 0 Å². The Kier molecular flexibility index (Phi) is 6.92. The number of carbonyl (C=O) groups excluding carboxylic acids is 1. The Labute approximate surface area is 169 Å². The molecule has 0 spiro atoms. The minimum Gasteiger partial charge on any atom is -0.359 e. The number of aromatic nitrogens is 3.